The van der Waals surface area contributed by atoms with Gasteiger partial charge in [0, 0.05) is 18.7 Å². The van der Waals surface area contributed by atoms with Gasteiger partial charge in [-0.1, -0.05) is 13.8 Å². The van der Waals surface area contributed by atoms with Gasteiger partial charge >= 0.3 is 0 Å². The first-order valence-corrected chi connectivity index (χ1v) is 5.80. The van der Waals surface area contributed by atoms with Crippen LogP contribution in [0, 0.1) is 5.92 Å². The standard InChI is InChI=1S/C13H22N2O2/c1-9(2)11(14)8-15-12-7-10(16-3)5-6-13(12)17-4/h5-7,9,11,15H,8,14H2,1-4H3. The molecule has 0 bridgehead atoms. The number of benzene rings is 1. The quantitative estimate of drug-likeness (QED) is 0.797. The SMILES string of the molecule is COc1ccc(OC)c(NCC(N)C(C)C)c1. The Bertz CT molecular complexity index is 353. The molecule has 0 saturated carbocycles. The van der Waals surface area contributed by atoms with Crippen LogP contribution >= 0.6 is 0 Å². The van der Waals surface area contributed by atoms with E-state index >= 15 is 0 Å². The van der Waals surface area contributed by atoms with Crippen LogP contribution in [0.25, 0.3) is 0 Å². The van der Waals surface area contributed by atoms with E-state index in [1.165, 1.54) is 0 Å². The second-order valence-electron chi connectivity index (χ2n) is 4.35. The molecule has 17 heavy (non-hydrogen) atoms. The molecule has 1 aromatic rings. The molecule has 0 aliphatic heterocycles. The largest absolute Gasteiger partial charge is 0.497 e. The number of ether oxygens (including phenoxy) is 2. The van der Waals surface area contributed by atoms with Crippen LogP contribution in [-0.4, -0.2) is 26.8 Å². The third-order valence-corrected chi connectivity index (χ3v) is 2.79. The zero-order valence-electron chi connectivity index (χ0n) is 11.0. The van der Waals surface area contributed by atoms with Crippen molar-refractivity contribution < 1.29 is 9.47 Å². The summed E-state index contributed by atoms with van der Waals surface area (Å²) >= 11 is 0. The lowest BCUT2D eigenvalue weighted by molar-refractivity contribution is 0.404. The van der Waals surface area contributed by atoms with Crippen molar-refractivity contribution in [3.05, 3.63) is 18.2 Å². The molecule has 0 fully saturated rings. The van der Waals surface area contributed by atoms with Crippen LogP contribution in [0.5, 0.6) is 11.5 Å². The van der Waals surface area contributed by atoms with E-state index in [0.29, 0.717) is 12.5 Å². The van der Waals surface area contributed by atoms with Crippen molar-refractivity contribution in [2.45, 2.75) is 19.9 Å². The average Bonchev–Trinajstić information content (AvgIpc) is 2.35. The van der Waals surface area contributed by atoms with Gasteiger partial charge in [0.05, 0.1) is 19.9 Å². The van der Waals surface area contributed by atoms with Crippen molar-refractivity contribution in [1.29, 1.82) is 0 Å². The van der Waals surface area contributed by atoms with Gasteiger partial charge in [0.15, 0.2) is 0 Å². The van der Waals surface area contributed by atoms with Crippen LogP contribution < -0.4 is 20.5 Å². The number of nitrogens with two attached hydrogens (primary N) is 1. The lowest BCUT2D eigenvalue weighted by atomic mass is 10.1. The van der Waals surface area contributed by atoms with Crippen LogP contribution in [0.4, 0.5) is 5.69 Å². The van der Waals surface area contributed by atoms with E-state index < -0.39 is 0 Å². The first-order chi connectivity index (χ1) is 8.08. The second kappa shape index (κ2) is 6.35. The summed E-state index contributed by atoms with van der Waals surface area (Å²) in [6.07, 6.45) is 0. The molecule has 96 valence electrons. The summed E-state index contributed by atoms with van der Waals surface area (Å²) in [5.41, 5.74) is 6.90. The molecule has 0 radical (unpaired) electrons. The molecular formula is C13H22N2O2. The van der Waals surface area contributed by atoms with E-state index in [4.69, 9.17) is 15.2 Å². The highest BCUT2D eigenvalue weighted by molar-refractivity contribution is 5.59. The highest BCUT2D eigenvalue weighted by Crippen LogP contribution is 2.28. The maximum Gasteiger partial charge on any atom is 0.142 e. The average molecular weight is 238 g/mol. The van der Waals surface area contributed by atoms with E-state index in [9.17, 15) is 0 Å². The fraction of sp³-hybridized carbons (Fsp3) is 0.538. The molecule has 0 saturated heterocycles. The maximum absolute atomic E-state index is 5.99. The Morgan fingerprint density at radius 1 is 1.24 bits per heavy atom. The minimum Gasteiger partial charge on any atom is -0.497 e. The van der Waals surface area contributed by atoms with Crippen molar-refractivity contribution in [2.24, 2.45) is 11.7 Å². The van der Waals surface area contributed by atoms with Crippen LogP contribution in [0.15, 0.2) is 18.2 Å². The Morgan fingerprint density at radius 2 is 1.94 bits per heavy atom. The predicted molar refractivity (Wildman–Crippen MR) is 70.8 cm³/mol. The minimum absolute atomic E-state index is 0.117. The molecule has 0 spiro atoms. The van der Waals surface area contributed by atoms with Gasteiger partial charge in [0.1, 0.15) is 11.5 Å². The highest BCUT2D eigenvalue weighted by atomic mass is 16.5. The van der Waals surface area contributed by atoms with Gasteiger partial charge < -0.3 is 20.5 Å². The Hall–Kier alpha value is -1.42. The van der Waals surface area contributed by atoms with Gasteiger partial charge in [-0.25, -0.2) is 0 Å². The molecule has 1 atom stereocenters. The summed E-state index contributed by atoms with van der Waals surface area (Å²) in [5.74, 6) is 2.03. The lowest BCUT2D eigenvalue weighted by Gasteiger charge is -2.18. The zero-order valence-corrected chi connectivity index (χ0v) is 11.0. The smallest absolute Gasteiger partial charge is 0.142 e. The lowest BCUT2D eigenvalue weighted by Crippen LogP contribution is -2.34. The molecule has 1 unspecified atom stereocenters. The van der Waals surface area contributed by atoms with E-state index in [-0.39, 0.29) is 6.04 Å². The first-order valence-electron chi connectivity index (χ1n) is 5.80. The van der Waals surface area contributed by atoms with Gasteiger partial charge in [0.2, 0.25) is 0 Å². The molecule has 0 aliphatic rings. The molecule has 1 aromatic carbocycles. The number of rotatable bonds is 6. The van der Waals surface area contributed by atoms with Gasteiger partial charge in [-0.2, -0.15) is 0 Å². The van der Waals surface area contributed by atoms with Crippen molar-refractivity contribution in [1.82, 2.24) is 0 Å². The number of methoxy groups -OCH3 is 2. The maximum atomic E-state index is 5.99. The van der Waals surface area contributed by atoms with Crippen molar-refractivity contribution in [3.63, 3.8) is 0 Å². The Labute approximate surface area is 103 Å². The fourth-order valence-corrected chi connectivity index (χ4v) is 1.42. The highest BCUT2D eigenvalue weighted by Gasteiger charge is 2.09. The molecule has 1 rings (SSSR count). The first kappa shape index (κ1) is 13.6. The number of hydrogen-bond donors (Lipinski definition) is 2. The Morgan fingerprint density at radius 3 is 2.47 bits per heavy atom. The summed E-state index contributed by atoms with van der Waals surface area (Å²) < 4.78 is 10.5. The molecule has 0 heterocycles. The number of hydrogen-bond acceptors (Lipinski definition) is 4. The normalized spacial score (nSPS) is 12.4. The molecular weight excluding hydrogens is 216 g/mol. The van der Waals surface area contributed by atoms with Gasteiger partial charge in [-0.15, -0.1) is 0 Å². The van der Waals surface area contributed by atoms with Crippen molar-refractivity contribution in [3.8, 4) is 11.5 Å². The number of nitrogens with one attached hydrogen (secondary N) is 1. The third-order valence-electron chi connectivity index (χ3n) is 2.79. The van der Waals surface area contributed by atoms with Crippen LogP contribution in [-0.2, 0) is 0 Å². The van der Waals surface area contributed by atoms with E-state index in [0.717, 1.165) is 17.2 Å². The second-order valence-corrected chi connectivity index (χ2v) is 4.35. The summed E-state index contributed by atoms with van der Waals surface area (Å²) in [7, 11) is 3.29. The molecule has 0 amide bonds. The predicted octanol–water partition coefficient (Wildman–Crippen LogP) is 2.10. The van der Waals surface area contributed by atoms with E-state index in [1.807, 2.05) is 18.2 Å². The summed E-state index contributed by atoms with van der Waals surface area (Å²) in [6, 6.07) is 5.77. The molecule has 0 aliphatic carbocycles. The molecule has 4 heteroatoms. The molecule has 3 N–H and O–H groups in total. The summed E-state index contributed by atoms with van der Waals surface area (Å²) in [4.78, 5) is 0. The van der Waals surface area contributed by atoms with Crippen LogP contribution in [0.1, 0.15) is 13.8 Å². The topological polar surface area (TPSA) is 56.5 Å². The Balaban J connectivity index is 2.74. The van der Waals surface area contributed by atoms with Crippen molar-refractivity contribution >= 4 is 5.69 Å². The molecule has 0 aromatic heterocycles. The van der Waals surface area contributed by atoms with Crippen LogP contribution in [0.2, 0.25) is 0 Å². The fourth-order valence-electron chi connectivity index (χ4n) is 1.42. The monoisotopic (exact) mass is 238 g/mol. The minimum atomic E-state index is 0.117. The Kier molecular flexibility index (Phi) is 5.10. The summed E-state index contributed by atoms with van der Waals surface area (Å²) in [5, 5.41) is 3.29. The van der Waals surface area contributed by atoms with Gasteiger partial charge in [0.25, 0.3) is 0 Å². The van der Waals surface area contributed by atoms with E-state index in [1.54, 1.807) is 14.2 Å². The summed E-state index contributed by atoms with van der Waals surface area (Å²) in [6.45, 7) is 4.92. The molecule has 4 nitrogen and oxygen atoms in total. The van der Waals surface area contributed by atoms with Gasteiger partial charge in [-0.05, 0) is 18.1 Å². The van der Waals surface area contributed by atoms with Crippen molar-refractivity contribution in [2.75, 3.05) is 26.1 Å². The van der Waals surface area contributed by atoms with Crippen LogP contribution in [0.3, 0.4) is 0 Å². The zero-order chi connectivity index (χ0) is 12.8. The van der Waals surface area contributed by atoms with E-state index in [2.05, 4.69) is 19.2 Å². The third kappa shape index (κ3) is 3.82. The van der Waals surface area contributed by atoms with Gasteiger partial charge in [-0.3, -0.25) is 0 Å². The number of anilines is 1.